The molecular formula is C21H26ClFN2O3S. The van der Waals surface area contributed by atoms with Crippen LogP contribution in [0.3, 0.4) is 0 Å². The molecule has 0 aliphatic heterocycles. The number of carbonyl (C=O) groups is 1. The fraction of sp³-hybridized carbons (Fsp3) is 0.381. The zero-order chi connectivity index (χ0) is 21.6. The third-order valence-corrected chi connectivity index (χ3v) is 6.18. The molecule has 1 amide bonds. The molecule has 0 saturated carbocycles. The highest BCUT2D eigenvalue weighted by atomic mass is 35.5. The maximum Gasteiger partial charge on any atom is 0.243 e. The first kappa shape index (κ1) is 23.2. The molecule has 2 rings (SSSR count). The number of nitrogens with one attached hydrogen (secondary N) is 1. The van der Waals surface area contributed by atoms with Gasteiger partial charge in [-0.25, -0.2) is 12.8 Å². The van der Waals surface area contributed by atoms with Crippen LogP contribution in [-0.2, 0) is 21.2 Å². The van der Waals surface area contributed by atoms with Crippen LogP contribution >= 0.6 is 11.6 Å². The molecule has 8 heteroatoms. The lowest BCUT2D eigenvalue weighted by atomic mass is 10.1. The van der Waals surface area contributed by atoms with Crippen LogP contribution in [0.25, 0.3) is 0 Å². The summed E-state index contributed by atoms with van der Waals surface area (Å²) in [6, 6.07) is 10.3. The van der Waals surface area contributed by atoms with Gasteiger partial charge in [0.1, 0.15) is 11.9 Å². The first-order chi connectivity index (χ1) is 13.6. The molecule has 0 bridgehead atoms. The highest BCUT2D eigenvalue weighted by Gasteiger charge is 2.31. The molecule has 0 fully saturated rings. The van der Waals surface area contributed by atoms with Crippen molar-refractivity contribution in [3.8, 4) is 0 Å². The first-order valence-electron chi connectivity index (χ1n) is 9.41. The topological polar surface area (TPSA) is 66.5 Å². The summed E-state index contributed by atoms with van der Waals surface area (Å²) >= 11 is 6.16. The number of nitrogens with zero attached hydrogens (tertiary/aromatic N) is 1. The van der Waals surface area contributed by atoms with Gasteiger partial charge in [-0.3, -0.25) is 9.10 Å². The second-order valence-corrected chi connectivity index (χ2v) is 9.20. The fourth-order valence-electron chi connectivity index (χ4n) is 3.05. The lowest BCUT2D eigenvalue weighted by Crippen LogP contribution is -2.49. The summed E-state index contributed by atoms with van der Waals surface area (Å²) in [5.74, 6) is -0.654. The van der Waals surface area contributed by atoms with E-state index in [1.807, 2.05) is 6.92 Å². The molecule has 1 atom stereocenters. The molecule has 2 aromatic rings. The minimum Gasteiger partial charge on any atom is -0.354 e. The van der Waals surface area contributed by atoms with Gasteiger partial charge in [0.2, 0.25) is 15.9 Å². The van der Waals surface area contributed by atoms with E-state index < -0.39 is 16.1 Å². The van der Waals surface area contributed by atoms with Crippen LogP contribution in [0.15, 0.2) is 42.5 Å². The molecule has 158 valence electrons. The minimum atomic E-state index is -3.70. The van der Waals surface area contributed by atoms with Crippen molar-refractivity contribution in [3.05, 3.63) is 64.4 Å². The lowest BCUT2D eigenvalue weighted by molar-refractivity contribution is -0.122. The molecule has 1 N–H and O–H groups in total. The van der Waals surface area contributed by atoms with Gasteiger partial charge in [0.05, 0.1) is 11.9 Å². The van der Waals surface area contributed by atoms with E-state index in [4.69, 9.17) is 11.6 Å². The van der Waals surface area contributed by atoms with E-state index in [0.717, 1.165) is 21.7 Å². The molecule has 0 saturated heterocycles. The summed E-state index contributed by atoms with van der Waals surface area (Å²) in [5, 5.41) is 3.25. The Morgan fingerprint density at radius 3 is 2.41 bits per heavy atom. The molecule has 2 aromatic carbocycles. The second-order valence-electron chi connectivity index (χ2n) is 6.94. The standard InChI is InChI=1S/C21H26ClFN2O3S/c1-4-20(21(26)24-13-5-6-16-8-10-17(23)11-9-16)25(29(3,27)28)18-12-7-15(2)19(22)14-18/h7-12,14,20H,4-6,13H2,1-3H3,(H,24,26)/t20-/m1/s1. The SMILES string of the molecule is CC[C@H](C(=O)NCCCc1ccc(F)cc1)N(c1ccc(C)c(Cl)c1)S(C)(=O)=O. The summed E-state index contributed by atoms with van der Waals surface area (Å²) < 4.78 is 39.0. The number of hydrogen-bond acceptors (Lipinski definition) is 3. The maximum absolute atomic E-state index is 12.9. The summed E-state index contributed by atoms with van der Waals surface area (Å²) in [4.78, 5) is 12.7. The third-order valence-electron chi connectivity index (χ3n) is 4.59. The average molecular weight is 441 g/mol. The number of anilines is 1. The van der Waals surface area contributed by atoms with Gasteiger partial charge in [0.25, 0.3) is 0 Å². The lowest BCUT2D eigenvalue weighted by Gasteiger charge is -2.30. The summed E-state index contributed by atoms with van der Waals surface area (Å²) in [6.45, 7) is 3.97. The van der Waals surface area contributed by atoms with Gasteiger partial charge < -0.3 is 5.32 Å². The zero-order valence-electron chi connectivity index (χ0n) is 16.8. The average Bonchev–Trinajstić information content (AvgIpc) is 2.66. The van der Waals surface area contributed by atoms with Gasteiger partial charge in [-0.05, 0) is 61.6 Å². The normalized spacial score (nSPS) is 12.4. The molecule has 29 heavy (non-hydrogen) atoms. The number of rotatable bonds is 9. The van der Waals surface area contributed by atoms with Crippen molar-refractivity contribution in [1.29, 1.82) is 0 Å². The molecule has 0 radical (unpaired) electrons. The Morgan fingerprint density at radius 1 is 1.21 bits per heavy atom. The number of halogens is 2. The van der Waals surface area contributed by atoms with Crippen LogP contribution in [0.1, 0.15) is 30.9 Å². The van der Waals surface area contributed by atoms with Crippen LogP contribution in [0, 0.1) is 12.7 Å². The Bertz CT molecular complexity index is 949. The monoisotopic (exact) mass is 440 g/mol. The van der Waals surface area contributed by atoms with Gasteiger partial charge in [-0.1, -0.05) is 36.7 Å². The predicted molar refractivity (Wildman–Crippen MR) is 115 cm³/mol. The Kier molecular flexibility index (Phi) is 8.05. The van der Waals surface area contributed by atoms with Gasteiger partial charge >= 0.3 is 0 Å². The zero-order valence-corrected chi connectivity index (χ0v) is 18.4. The van der Waals surface area contributed by atoms with E-state index in [0.29, 0.717) is 36.5 Å². The second kappa shape index (κ2) is 10.1. The molecule has 0 unspecified atom stereocenters. The van der Waals surface area contributed by atoms with Crippen LogP contribution in [0.4, 0.5) is 10.1 Å². The number of amides is 1. The van der Waals surface area contributed by atoms with Crippen LogP contribution < -0.4 is 9.62 Å². The molecule has 0 spiro atoms. The van der Waals surface area contributed by atoms with Gasteiger partial charge in [0.15, 0.2) is 0 Å². The Labute approximate surface area is 176 Å². The van der Waals surface area contributed by atoms with Crippen molar-refractivity contribution in [1.82, 2.24) is 5.32 Å². The smallest absolute Gasteiger partial charge is 0.243 e. The number of carbonyl (C=O) groups excluding carboxylic acids is 1. The summed E-state index contributed by atoms with van der Waals surface area (Å²) in [6.07, 6.45) is 2.72. The summed E-state index contributed by atoms with van der Waals surface area (Å²) in [5.41, 5.74) is 2.15. The number of benzene rings is 2. The molecule has 5 nitrogen and oxygen atoms in total. The van der Waals surface area contributed by atoms with Crippen molar-refractivity contribution in [2.75, 3.05) is 17.1 Å². The molecular weight excluding hydrogens is 415 g/mol. The Hall–Kier alpha value is -2.12. The van der Waals surface area contributed by atoms with E-state index in [1.54, 1.807) is 37.3 Å². The first-order valence-corrected chi connectivity index (χ1v) is 11.6. The highest BCUT2D eigenvalue weighted by molar-refractivity contribution is 7.92. The van der Waals surface area contributed by atoms with Gasteiger partial charge in [-0.2, -0.15) is 0 Å². The van der Waals surface area contributed by atoms with Gasteiger partial charge in [0, 0.05) is 11.6 Å². The third kappa shape index (κ3) is 6.44. The van der Waals surface area contributed by atoms with Crippen molar-refractivity contribution >= 4 is 33.2 Å². The maximum atomic E-state index is 12.9. The molecule has 0 aliphatic rings. The highest BCUT2D eigenvalue weighted by Crippen LogP contribution is 2.27. The van der Waals surface area contributed by atoms with Crippen LogP contribution in [0.2, 0.25) is 5.02 Å². The van der Waals surface area contributed by atoms with Crippen LogP contribution in [0.5, 0.6) is 0 Å². The van der Waals surface area contributed by atoms with Crippen LogP contribution in [-0.4, -0.2) is 33.2 Å². The molecule has 0 heterocycles. The Balaban J connectivity index is 2.07. The number of sulfonamides is 1. The molecule has 0 aromatic heterocycles. The summed E-state index contributed by atoms with van der Waals surface area (Å²) in [7, 11) is -3.70. The minimum absolute atomic E-state index is 0.287. The predicted octanol–water partition coefficient (Wildman–Crippen LogP) is 4.08. The number of hydrogen-bond donors (Lipinski definition) is 1. The Morgan fingerprint density at radius 2 is 1.86 bits per heavy atom. The number of aryl methyl sites for hydroxylation is 2. The quantitative estimate of drug-likeness (QED) is 0.597. The van der Waals surface area contributed by atoms with Crippen molar-refractivity contribution in [2.24, 2.45) is 0 Å². The van der Waals surface area contributed by atoms with E-state index in [9.17, 15) is 17.6 Å². The molecule has 0 aliphatic carbocycles. The van der Waals surface area contributed by atoms with E-state index in [2.05, 4.69) is 5.32 Å². The van der Waals surface area contributed by atoms with E-state index in [-0.39, 0.29) is 11.7 Å². The van der Waals surface area contributed by atoms with Crippen molar-refractivity contribution < 1.29 is 17.6 Å². The fourth-order valence-corrected chi connectivity index (χ4v) is 4.43. The largest absolute Gasteiger partial charge is 0.354 e. The van der Waals surface area contributed by atoms with Crippen molar-refractivity contribution in [3.63, 3.8) is 0 Å². The van der Waals surface area contributed by atoms with E-state index in [1.165, 1.54) is 12.1 Å². The van der Waals surface area contributed by atoms with E-state index >= 15 is 0 Å². The van der Waals surface area contributed by atoms with Crippen molar-refractivity contribution in [2.45, 2.75) is 39.2 Å². The van der Waals surface area contributed by atoms with Gasteiger partial charge in [-0.15, -0.1) is 0 Å².